The molecule has 0 aliphatic carbocycles. The quantitative estimate of drug-likeness (QED) is 0.635. The molecule has 0 spiro atoms. The lowest BCUT2D eigenvalue weighted by Crippen LogP contribution is -2.26. The molecule has 0 amide bonds. The number of benzene rings is 3. The van der Waals surface area contributed by atoms with Crippen LogP contribution in [0, 0.1) is 0 Å². The Kier molecular flexibility index (Phi) is 6.20. The Morgan fingerprint density at radius 3 is 2.32 bits per heavy atom. The molecule has 0 bridgehead atoms. The molecule has 0 saturated heterocycles. The lowest BCUT2D eigenvalue weighted by atomic mass is 9.95. The van der Waals surface area contributed by atoms with E-state index < -0.39 is 10.0 Å². The minimum absolute atomic E-state index is 0.0273. The lowest BCUT2D eigenvalue weighted by molar-refractivity contribution is 0.490. The molecule has 0 radical (unpaired) electrons. The predicted octanol–water partition coefficient (Wildman–Crippen LogP) is 4.16. The minimum atomic E-state index is -3.41. The first kappa shape index (κ1) is 21.3. The van der Waals surface area contributed by atoms with Crippen LogP contribution in [0.5, 0.6) is 0 Å². The number of nitrogens with one attached hydrogen (secondary N) is 1. The van der Waals surface area contributed by atoms with Gasteiger partial charge in [0.05, 0.1) is 4.90 Å². The van der Waals surface area contributed by atoms with Crippen molar-refractivity contribution in [2.75, 3.05) is 14.1 Å². The molecule has 4 rings (SSSR count). The summed E-state index contributed by atoms with van der Waals surface area (Å²) in [7, 11) is 0.0955. The number of nitrogens with zero attached hydrogens (tertiary/aromatic N) is 2. The molecule has 5 nitrogen and oxygen atoms in total. The highest BCUT2D eigenvalue weighted by Crippen LogP contribution is 2.32. The first-order chi connectivity index (χ1) is 15.0. The van der Waals surface area contributed by atoms with E-state index in [9.17, 15) is 8.42 Å². The van der Waals surface area contributed by atoms with Crippen molar-refractivity contribution in [3.8, 4) is 0 Å². The van der Waals surface area contributed by atoms with Crippen molar-refractivity contribution in [2.45, 2.75) is 30.3 Å². The monoisotopic (exact) mass is 433 g/mol. The second kappa shape index (κ2) is 9.04. The van der Waals surface area contributed by atoms with Gasteiger partial charge in [-0.1, -0.05) is 66.7 Å². The third-order valence-electron chi connectivity index (χ3n) is 5.73. The molecule has 1 atom stereocenters. The van der Waals surface area contributed by atoms with Gasteiger partial charge in [0.25, 0.3) is 0 Å². The first-order valence-corrected chi connectivity index (χ1v) is 11.9. The van der Waals surface area contributed by atoms with Crippen molar-refractivity contribution >= 4 is 15.9 Å². The number of hydrogen-bond donors (Lipinski definition) is 1. The number of hydrogen-bond acceptors (Lipinski definition) is 4. The molecule has 0 fully saturated rings. The van der Waals surface area contributed by atoms with Crippen LogP contribution in [0.25, 0.3) is 0 Å². The van der Waals surface area contributed by atoms with Gasteiger partial charge in [0, 0.05) is 20.0 Å². The summed E-state index contributed by atoms with van der Waals surface area (Å²) in [6.45, 7) is 0.817. The van der Waals surface area contributed by atoms with Crippen molar-refractivity contribution < 1.29 is 8.42 Å². The number of rotatable bonds is 6. The predicted molar refractivity (Wildman–Crippen MR) is 125 cm³/mol. The molecule has 1 N–H and O–H groups in total. The molecule has 0 saturated carbocycles. The normalized spacial score (nSPS) is 16.4. The number of fused-ring (bicyclic) bond motifs is 1. The minimum Gasteiger partial charge on any atom is -0.359 e. The average Bonchev–Trinajstić information content (AvgIpc) is 2.94. The Hall–Kier alpha value is -2.96. The second-order valence-corrected chi connectivity index (χ2v) is 9.65. The van der Waals surface area contributed by atoms with Crippen molar-refractivity contribution in [2.24, 2.45) is 4.99 Å². The van der Waals surface area contributed by atoms with Crippen LogP contribution in [0.2, 0.25) is 0 Å². The zero-order chi connectivity index (χ0) is 21.8. The highest BCUT2D eigenvalue weighted by molar-refractivity contribution is 7.89. The average molecular weight is 434 g/mol. The Balaban J connectivity index is 1.60. The van der Waals surface area contributed by atoms with E-state index in [2.05, 4.69) is 65.2 Å². The molecular weight excluding hydrogens is 406 g/mol. The number of sulfonamides is 1. The van der Waals surface area contributed by atoms with Gasteiger partial charge in [-0.15, -0.1) is 0 Å². The fraction of sp³-hybridized carbons (Fsp3) is 0.240. The Bertz CT molecular complexity index is 1170. The van der Waals surface area contributed by atoms with Crippen molar-refractivity contribution in [1.29, 1.82) is 0 Å². The van der Waals surface area contributed by atoms with Gasteiger partial charge in [0.15, 0.2) is 0 Å². The van der Waals surface area contributed by atoms with Crippen molar-refractivity contribution in [3.63, 3.8) is 0 Å². The molecule has 0 aromatic heterocycles. The maximum absolute atomic E-state index is 11.9. The number of aryl methyl sites for hydroxylation is 1. The zero-order valence-corrected chi connectivity index (χ0v) is 18.6. The van der Waals surface area contributed by atoms with E-state index in [0.29, 0.717) is 0 Å². The number of amidine groups is 1. The van der Waals surface area contributed by atoms with E-state index in [1.165, 1.54) is 23.7 Å². The van der Waals surface area contributed by atoms with E-state index in [0.717, 1.165) is 30.8 Å². The van der Waals surface area contributed by atoms with Crippen LogP contribution in [-0.2, 0) is 23.0 Å². The van der Waals surface area contributed by atoms with E-state index in [4.69, 9.17) is 4.99 Å². The topological polar surface area (TPSA) is 61.8 Å². The van der Waals surface area contributed by atoms with E-state index in [1.807, 2.05) is 18.2 Å². The van der Waals surface area contributed by atoms with Gasteiger partial charge in [0.1, 0.15) is 11.9 Å². The van der Waals surface area contributed by atoms with E-state index in [-0.39, 0.29) is 10.9 Å². The first-order valence-electron chi connectivity index (χ1n) is 10.4. The molecule has 3 aromatic carbocycles. The maximum atomic E-state index is 11.9. The molecule has 31 heavy (non-hydrogen) atoms. The summed E-state index contributed by atoms with van der Waals surface area (Å²) >= 11 is 0. The fourth-order valence-corrected chi connectivity index (χ4v) is 4.69. The molecule has 1 aliphatic rings. The van der Waals surface area contributed by atoms with Gasteiger partial charge in [-0.25, -0.2) is 13.1 Å². The van der Waals surface area contributed by atoms with Gasteiger partial charge >= 0.3 is 0 Å². The molecular formula is C25H27N3O2S. The van der Waals surface area contributed by atoms with Crippen LogP contribution in [0.1, 0.15) is 34.7 Å². The summed E-state index contributed by atoms with van der Waals surface area (Å²) in [5, 5.41) is 0. The SMILES string of the molecule is CNS(=O)(=O)c1ccc(CCC2=NC(c3ccccc3)c3ccccc3CN2C)cc1. The van der Waals surface area contributed by atoms with Crippen molar-refractivity contribution in [1.82, 2.24) is 9.62 Å². The third-order valence-corrected chi connectivity index (χ3v) is 7.16. The Morgan fingerprint density at radius 1 is 0.935 bits per heavy atom. The van der Waals surface area contributed by atoms with Gasteiger partial charge in [-0.2, -0.15) is 0 Å². The van der Waals surface area contributed by atoms with Gasteiger partial charge in [-0.05, 0) is 47.9 Å². The summed E-state index contributed by atoms with van der Waals surface area (Å²) < 4.78 is 26.2. The zero-order valence-electron chi connectivity index (χ0n) is 17.8. The van der Waals surface area contributed by atoms with Gasteiger partial charge in [0.2, 0.25) is 10.0 Å². The van der Waals surface area contributed by atoms with Crippen molar-refractivity contribution in [3.05, 3.63) is 101 Å². The van der Waals surface area contributed by atoms with Crippen LogP contribution in [0.15, 0.2) is 88.8 Å². The smallest absolute Gasteiger partial charge is 0.240 e. The maximum Gasteiger partial charge on any atom is 0.240 e. The van der Waals surface area contributed by atoms with Crippen LogP contribution < -0.4 is 4.72 Å². The largest absolute Gasteiger partial charge is 0.359 e. The Labute approximate surface area is 184 Å². The highest BCUT2D eigenvalue weighted by Gasteiger charge is 2.23. The number of aliphatic imine (C=N–C) groups is 1. The van der Waals surface area contributed by atoms with E-state index >= 15 is 0 Å². The fourth-order valence-electron chi connectivity index (χ4n) is 3.96. The van der Waals surface area contributed by atoms with Crippen LogP contribution in [-0.4, -0.2) is 33.2 Å². The van der Waals surface area contributed by atoms with Gasteiger partial charge in [-0.3, -0.25) is 4.99 Å². The summed E-state index contributed by atoms with van der Waals surface area (Å²) in [6, 6.07) is 26.0. The third kappa shape index (κ3) is 4.70. The molecule has 1 unspecified atom stereocenters. The van der Waals surface area contributed by atoms with Crippen LogP contribution >= 0.6 is 0 Å². The molecule has 1 heterocycles. The van der Waals surface area contributed by atoms with E-state index in [1.54, 1.807) is 12.1 Å². The summed E-state index contributed by atoms with van der Waals surface area (Å²) in [5.41, 5.74) is 4.81. The summed E-state index contributed by atoms with van der Waals surface area (Å²) in [4.78, 5) is 7.69. The molecule has 160 valence electrons. The van der Waals surface area contributed by atoms with Crippen LogP contribution in [0.4, 0.5) is 0 Å². The lowest BCUT2D eigenvalue weighted by Gasteiger charge is -2.20. The summed E-state index contributed by atoms with van der Waals surface area (Å²) in [6.07, 6.45) is 1.58. The second-order valence-electron chi connectivity index (χ2n) is 7.76. The Morgan fingerprint density at radius 2 is 1.61 bits per heavy atom. The van der Waals surface area contributed by atoms with Gasteiger partial charge < -0.3 is 4.90 Å². The molecule has 6 heteroatoms. The standard InChI is InChI=1S/C25H27N3O2S/c1-26-31(29,30)22-15-12-19(13-16-22)14-17-24-27-25(20-8-4-3-5-9-20)23-11-7-6-10-21(23)18-28(24)2/h3-13,15-16,25-26H,14,17-18H2,1-2H3. The molecule has 3 aromatic rings. The summed E-state index contributed by atoms with van der Waals surface area (Å²) in [5.74, 6) is 1.05. The highest BCUT2D eigenvalue weighted by atomic mass is 32.2. The molecule has 1 aliphatic heterocycles. The van der Waals surface area contributed by atoms with Crippen LogP contribution in [0.3, 0.4) is 0 Å².